The smallest absolute Gasteiger partial charge is 0.133 e. The monoisotopic (exact) mass is 271 g/mol. The Balaban J connectivity index is 3.31. The van der Waals surface area contributed by atoms with E-state index in [4.69, 9.17) is 10.5 Å². The van der Waals surface area contributed by atoms with Crippen molar-refractivity contribution in [2.75, 3.05) is 6.61 Å². The van der Waals surface area contributed by atoms with Crippen LogP contribution in [-0.2, 0) is 4.74 Å². The Morgan fingerprint density at radius 2 is 1.79 bits per heavy atom. The molecule has 4 heteroatoms. The molecule has 0 saturated heterocycles. The minimum Gasteiger partial charge on any atom is -0.373 e. The van der Waals surface area contributed by atoms with Crippen LogP contribution in [0.1, 0.15) is 50.8 Å². The number of aryl methyl sites for hydroxylation is 1. The third-order valence-corrected chi connectivity index (χ3v) is 3.83. The van der Waals surface area contributed by atoms with Gasteiger partial charge in [0.25, 0.3) is 0 Å². The first-order valence-electron chi connectivity index (χ1n) is 6.77. The van der Waals surface area contributed by atoms with Gasteiger partial charge in [-0.3, -0.25) is 0 Å². The molecule has 0 aliphatic carbocycles. The van der Waals surface area contributed by atoms with Gasteiger partial charge in [0, 0.05) is 12.2 Å². The van der Waals surface area contributed by atoms with Crippen LogP contribution in [0.5, 0.6) is 0 Å². The number of hydrogen-bond donors (Lipinski definition) is 1. The molecule has 2 nitrogen and oxygen atoms in total. The summed E-state index contributed by atoms with van der Waals surface area (Å²) in [4.78, 5) is 0. The molecule has 1 unspecified atom stereocenters. The minimum absolute atomic E-state index is 0.0721. The van der Waals surface area contributed by atoms with Crippen molar-refractivity contribution in [1.82, 2.24) is 0 Å². The highest BCUT2D eigenvalue weighted by molar-refractivity contribution is 5.31. The van der Waals surface area contributed by atoms with E-state index in [0.29, 0.717) is 25.0 Å². The van der Waals surface area contributed by atoms with Crippen LogP contribution in [0.4, 0.5) is 8.78 Å². The van der Waals surface area contributed by atoms with Crippen LogP contribution in [-0.4, -0.2) is 12.2 Å². The maximum Gasteiger partial charge on any atom is 0.133 e. The van der Waals surface area contributed by atoms with Crippen LogP contribution in [0.25, 0.3) is 0 Å². The Hall–Kier alpha value is -1.00. The number of ether oxygens (including phenoxy) is 1. The summed E-state index contributed by atoms with van der Waals surface area (Å²) >= 11 is 0. The van der Waals surface area contributed by atoms with Crippen LogP contribution < -0.4 is 5.73 Å². The Morgan fingerprint density at radius 1 is 1.21 bits per heavy atom. The second-order valence-corrected chi connectivity index (χ2v) is 4.77. The second kappa shape index (κ2) is 6.44. The molecule has 0 heterocycles. The van der Waals surface area contributed by atoms with Gasteiger partial charge in [-0.15, -0.1) is 0 Å². The van der Waals surface area contributed by atoms with E-state index in [2.05, 4.69) is 0 Å². The molecule has 2 N–H and O–H groups in total. The van der Waals surface area contributed by atoms with Crippen molar-refractivity contribution < 1.29 is 13.5 Å². The van der Waals surface area contributed by atoms with E-state index in [0.717, 1.165) is 0 Å². The molecule has 19 heavy (non-hydrogen) atoms. The molecule has 0 aliphatic rings. The van der Waals surface area contributed by atoms with E-state index in [1.165, 1.54) is 12.1 Å². The van der Waals surface area contributed by atoms with Crippen molar-refractivity contribution in [1.29, 1.82) is 0 Å². The molecule has 0 amide bonds. The Bertz CT molecular complexity index is 430. The summed E-state index contributed by atoms with van der Waals surface area (Å²) in [6.45, 7) is 7.76. The van der Waals surface area contributed by atoms with Crippen LogP contribution in [0, 0.1) is 18.6 Å². The fraction of sp³-hybridized carbons (Fsp3) is 0.600. The highest BCUT2D eigenvalue weighted by Gasteiger charge is 2.38. The maximum absolute atomic E-state index is 14.2. The molecular weight excluding hydrogens is 248 g/mol. The van der Waals surface area contributed by atoms with Crippen molar-refractivity contribution in [3.63, 3.8) is 0 Å². The van der Waals surface area contributed by atoms with Crippen LogP contribution in [0.3, 0.4) is 0 Å². The molecule has 0 aliphatic heterocycles. The van der Waals surface area contributed by atoms with Gasteiger partial charge in [0.2, 0.25) is 0 Å². The van der Waals surface area contributed by atoms with Gasteiger partial charge in [-0.2, -0.15) is 0 Å². The van der Waals surface area contributed by atoms with E-state index in [1.54, 1.807) is 6.92 Å². The molecule has 0 radical (unpaired) electrons. The highest BCUT2D eigenvalue weighted by Crippen LogP contribution is 2.36. The molecule has 0 spiro atoms. The van der Waals surface area contributed by atoms with Gasteiger partial charge in [-0.05, 0) is 38.3 Å². The van der Waals surface area contributed by atoms with E-state index in [9.17, 15) is 8.78 Å². The summed E-state index contributed by atoms with van der Waals surface area (Å²) in [5, 5.41) is 0. The minimum atomic E-state index is -0.817. The molecule has 1 atom stereocenters. The summed E-state index contributed by atoms with van der Waals surface area (Å²) in [5.41, 5.74) is 5.74. The molecule has 108 valence electrons. The quantitative estimate of drug-likeness (QED) is 0.852. The summed E-state index contributed by atoms with van der Waals surface area (Å²) in [7, 11) is 0. The summed E-state index contributed by atoms with van der Waals surface area (Å²) in [6, 6.07) is 1.86. The normalized spacial score (nSPS) is 13.6. The van der Waals surface area contributed by atoms with Gasteiger partial charge in [-0.25, -0.2) is 8.78 Å². The van der Waals surface area contributed by atoms with Crippen molar-refractivity contribution >= 4 is 0 Å². The zero-order valence-corrected chi connectivity index (χ0v) is 12.1. The lowest BCUT2D eigenvalue weighted by Gasteiger charge is -2.37. The maximum atomic E-state index is 14.2. The van der Waals surface area contributed by atoms with Gasteiger partial charge in [-0.1, -0.05) is 19.9 Å². The average molecular weight is 271 g/mol. The fourth-order valence-corrected chi connectivity index (χ4v) is 2.50. The SMILES string of the molecule is CCOC(CC)(CC)C(N)c1c(F)ccc(C)c1F. The van der Waals surface area contributed by atoms with Gasteiger partial charge >= 0.3 is 0 Å². The van der Waals surface area contributed by atoms with Gasteiger partial charge in [0.15, 0.2) is 0 Å². The van der Waals surface area contributed by atoms with Crippen molar-refractivity contribution in [2.24, 2.45) is 5.73 Å². The molecule has 1 aromatic carbocycles. The number of halogens is 2. The van der Waals surface area contributed by atoms with Crippen molar-refractivity contribution in [2.45, 2.75) is 52.2 Å². The largest absolute Gasteiger partial charge is 0.373 e. The van der Waals surface area contributed by atoms with Crippen LogP contribution in [0.2, 0.25) is 0 Å². The van der Waals surface area contributed by atoms with Crippen LogP contribution in [0.15, 0.2) is 12.1 Å². The number of hydrogen-bond acceptors (Lipinski definition) is 2. The number of rotatable bonds is 6. The first kappa shape index (κ1) is 16.1. The molecular formula is C15H23F2NO. The lowest BCUT2D eigenvalue weighted by atomic mass is 9.83. The third kappa shape index (κ3) is 2.95. The van der Waals surface area contributed by atoms with E-state index >= 15 is 0 Å². The van der Waals surface area contributed by atoms with Crippen molar-refractivity contribution in [3.8, 4) is 0 Å². The zero-order valence-electron chi connectivity index (χ0n) is 12.1. The molecule has 1 rings (SSSR count). The number of nitrogens with two attached hydrogens (primary N) is 1. The fourth-order valence-electron chi connectivity index (χ4n) is 2.50. The Labute approximate surface area is 114 Å². The van der Waals surface area contributed by atoms with Crippen LogP contribution >= 0.6 is 0 Å². The predicted molar refractivity (Wildman–Crippen MR) is 73.0 cm³/mol. The zero-order chi connectivity index (χ0) is 14.6. The standard InChI is InChI=1S/C15H23F2NO/c1-5-15(6-2,19-7-3)14(18)12-11(16)9-8-10(4)13(12)17/h8-9,14H,5-7,18H2,1-4H3. The lowest BCUT2D eigenvalue weighted by molar-refractivity contribution is -0.0659. The second-order valence-electron chi connectivity index (χ2n) is 4.77. The van der Waals surface area contributed by atoms with Crippen molar-refractivity contribution in [3.05, 3.63) is 34.9 Å². The molecule has 0 bridgehead atoms. The highest BCUT2D eigenvalue weighted by atomic mass is 19.1. The predicted octanol–water partition coefficient (Wildman–Crippen LogP) is 3.87. The molecule has 0 fully saturated rings. The Morgan fingerprint density at radius 3 is 2.26 bits per heavy atom. The van der Waals surface area contributed by atoms with Gasteiger partial charge < -0.3 is 10.5 Å². The molecule has 1 aromatic rings. The lowest BCUT2D eigenvalue weighted by Crippen LogP contribution is -2.44. The molecule has 0 saturated carbocycles. The topological polar surface area (TPSA) is 35.2 Å². The first-order valence-corrected chi connectivity index (χ1v) is 6.77. The average Bonchev–Trinajstić information content (AvgIpc) is 2.40. The Kier molecular flexibility index (Phi) is 5.44. The van der Waals surface area contributed by atoms with E-state index in [1.807, 2.05) is 20.8 Å². The van der Waals surface area contributed by atoms with E-state index in [-0.39, 0.29) is 5.56 Å². The van der Waals surface area contributed by atoms with Gasteiger partial charge in [0.1, 0.15) is 11.6 Å². The van der Waals surface area contributed by atoms with E-state index < -0.39 is 23.3 Å². The summed E-state index contributed by atoms with van der Waals surface area (Å²) < 4.78 is 33.9. The summed E-state index contributed by atoms with van der Waals surface area (Å²) in [6.07, 6.45) is 1.21. The van der Waals surface area contributed by atoms with Gasteiger partial charge in [0.05, 0.1) is 11.6 Å². The molecule has 0 aromatic heterocycles. The first-order chi connectivity index (χ1) is 8.93. The summed E-state index contributed by atoms with van der Waals surface area (Å²) in [5.74, 6) is -1.18. The number of benzene rings is 1. The third-order valence-electron chi connectivity index (χ3n) is 3.83.